The topological polar surface area (TPSA) is 44.4 Å². The summed E-state index contributed by atoms with van der Waals surface area (Å²) in [6.45, 7) is 8.26. The molecule has 1 aliphatic rings. The predicted octanol–water partition coefficient (Wildman–Crippen LogP) is 1.22. The van der Waals surface area contributed by atoms with E-state index in [1.54, 1.807) is 0 Å². The molecule has 0 aromatic rings. The number of likely N-dealkylation sites (N-methyl/N-ethyl adjacent to an activating group) is 1. The van der Waals surface area contributed by atoms with E-state index in [4.69, 9.17) is 0 Å². The van der Waals surface area contributed by atoms with Crippen molar-refractivity contribution in [1.29, 1.82) is 0 Å². The van der Waals surface area contributed by atoms with Gasteiger partial charge in [-0.3, -0.25) is 4.79 Å². The highest BCUT2D eigenvalue weighted by Crippen LogP contribution is 2.19. The summed E-state index contributed by atoms with van der Waals surface area (Å²) < 4.78 is 0. The van der Waals surface area contributed by atoms with Crippen LogP contribution in [0.25, 0.3) is 0 Å². The van der Waals surface area contributed by atoms with Crippen LogP contribution in [-0.2, 0) is 4.79 Å². The summed E-state index contributed by atoms with van der Waals surface area (Å²) >= 11 is 0. The van der Waals surface area contributed by atoms with Crippen LogP contribution in [0.5, 0.6) is 0 Å². The normalized spacial score (nSPS) is 25.7. The third-order valence-corrected chi connectivity index (χ3v) is 3.55. The standard InChI is InChI=1S/C14H29N3O/c1-11(2)9-12(10-17(4)5)16-13(18)14(3)7-6-8-15-14/h11-12,15H,6-10H2,1-5H3,(H,16,18). The van der Waals surface area contributed by atoms with Crippen LogP contribution < -0.4 is 10.6 Å². The molecule has 1 saturated heterocycles. The summed E-state index contributed by atoms with van der Waals surface area (Å²) in [6, 6.07) is 0.242. The lowest BCUT2D eigenvalue weighted by Crippen LogP contribution is -2.55. The minimum Gasteiger partial charge on any atom is -0.350 e. The molecule has 2 N–H and O–H groups in total. The van der Waals surface area contributed by atoms with E-state index in [0.717, 1.165) is 32.4 Å². The molecule has 1 fully saturated rings. The lowest BCUT2D eigenvalue weighted by molar-refractivity contribution is -0.127. The van der Waals surface area contributed by atoms with Crippen molar-refractivity contribution < 1.29 is 4.79 Å². The van der Waals surface area contributed by atoms with Crippen molar-refractivity contribution in [3.63, 3.8) is 0 Å². The first kappa shape index (κ1) is 15.4. The molecular formula is C14H29N3O. The van der Waals surface area contributed by atoms with Gasteiger partial charge in [-0.2, -0.15) is 0 Å². The molecular weight excluding hydrogens is 226 g/mol. The van der Waals surface area contributed by atoms with Gasteiger partial charge in [0.2, 0.25) is 5.91 Å². The second-order valence-electron chi connectivity index (χ2n) is 6.42. The van der Waals surface area contributed by atoms with E-state index >= 15 is 0 Å². The van der Waals surface area contributed by atoms with Gasteiger partial charge < -0.3 is 15.5 Å². The highest BCUT2D eigenvalue weighted by molar-refractivity contribution is 5.86. The van der Waals surface area contributed by atoms with Gasteiger partial charge in [0.25, 0.3) is 0 Å². The van der Waals surface area contributed by atoms with Crippen LogP contribution in [0.1, 0.15) is 40.0 Å². The first-order valence-corrected chi connectivity index (χ1v) is 7.04. The van der Waals surface area contributed by atoms with Gasteiger partial charge in [-0.15, -0.1) is 0 Å². The Bertz CT molecular complexity index is 260. The SMILES string of the molecule is CC(C)CC(CN(C)C)NC(=O)C1(C)CCCN1. The maximum Gasteiger partial charge on any atom is 0.240 e. The van der Waals surface area contributed by atoms with E-state index in [9.17, 15) is 4.79 Å². The quantitative estimate of drug-likeness (QED) is 0.750. The van der Waals surface area contributed by atoms with Crippen molar-refractivity contribution >= 4 is 5.91 Å². The zero-order chi connectivity index (χ0) is 13.8. The smallest absolute Gasteiger partial charge is 0.240 e. The average molecular weight is 255 g/mol. The summed E-state index contributed by atoms with van der Waals surface area (Å²) in [5, 5.41) is 6.54. The van der Waals surface area contributed by atoms with Gasteiger partial charge in [0, 0.05) is 12.6 Å². The summed E-state index contributed by atoms with van der Waals surface area (Å²) in [6.07, 6.45) is 3.06. The van der Waals surface area contributed by atoms with E-state index in [0.29, 0.717) is 5.92 Å². The number of nitrogens with zero attached hydrogens (tertiary/aromatic N) is 1. The Hall–Kier alpha value is -0.610. The third kappa shape index (κ3) is 4.58. The van der Waals surface area contributed by atoms with Crippen molar-refractivity contribution in [2.24, 2.45) is 5.92 Å². The number of nitrogens with one attached hydrogen (secondary N) is 2. The fourth-order valence-corrected chi connectivity index (χ4v) is 2.62. The van der Waals surface area contributed by atoms with E-state index < -0.39 is 0 Å². The van der Waals surface area contributed by atoms with Gasteiger partial charge in [0.15, 0.2) is 0 Å². The molecule has 0 aromatic heterocycles. The number of carbonyl (C=O) groups excluding carboxylic acids is 1. The Labute approximate surface area is 111 Å². The first-order chi connectivity index (χ1) is 8.33. The van der Waals surface area contributed by atoms with E-state index in [1.807, 2.05) is 6.92 Å². The van der Waals surface area contributed by atoms with Crippen LogP contribution in [0.3, 0.4) is 0 Å². The molecule has 1 amide bonds. The maximum absolute atomic E-state index is 12.3. The van der Waals surface area contributed by atoms with Gasteiger partial charge in [-0.1, -0.05) is 13.8 Å². The molecule has 0 spiro atoms. The van der Waals surface area contributed by atoms with E-state index in [1.165, 1.54) is 0 Å². The van der Waals surface area contributed by atoms with Crippen LogP contribution >= 0.6 is 0 Å². The minimum atomic E-state index is -0.360. The first-order valence-electron chi connectivity index (χ1n) is 7.04. The monoisotopic (exact) mass is 255 g/mol. The number of carbonyl (C=O) groups is 1. The molecule has 0 radical (unpaired) electrons. The Kier molecular flexibility index (Phi) is 5.60. The largest absolute Gasteiger partial charge is 0.350 e. The Morgan fingerprint density at radius 2 is 2.11 bits per heavy atom. The van der Waals surface area contributed by atoms with Gasteiger partial charge in [0.05, 0.1) is 5.54 Å². The van der Waals surface area contributed by atoms with Crippen molar-refractivity contribution in [2.45, 2.75) is 51.6 Å². The van der Waals surface area contributed by atoms with Gasteiger partial charge >= 0.3 is 0 Å². The second kappa shape index (κ2) is 6.53. The fraction of sp³-hybridized carbons (Fsp3) is 0.929. The molecule has 1 heterocycles. The highest BCUT2D eigenvalue weighted by atomic mass is 16.2. The molecule has 0 aromatic carbocycles. The van der Waals surface area contributed by atoms with Crippen molar-refractivity contribution in [1.82, 2.24) is 15.5 Å². The van der Waals surface area contributed by atoms with E-state index in [-0.39, 0.29) is 17.5 Å². The molecule has 4 heteroatoms. The fourth-order valence-electron chi connectivity index (χ4n) is 2.62. The summed E-state index contributed by atoms with van der Waals surface area (Å²) in [5.41, 5.74) is -0.360. The Balaban J connectivity index is 2.56. The number of amides is 1. The second-order valence-corrected chi connectivity index (χ2v) is 6.42. The molecule has 2 unspecified atom stereocenters. The maximum atomic E-state index is 12.3. The molecule has 0 saturated carbocycles. The Morgan fingerprint density at radius 1 is 1.44 bits per heavy atom. The molecule has 0 bridgehead atoms. The summed E-state index contributed by atoms with van der Waals surface area (Å²) in [4.78, 5) is 14.5. The van der Waals surface area contributed by atoms with Crippen LogP contribution in [0, 0.1) is 5.92 Å². The minimum absolute atomic E-state index is 0.160. The van der Waals surface area contributed by atoms with Crippen molar-refractivity contribution in [2.75, 3.05) is 27.2 Å². The van der Waals surface area contributed by atoms with Crippen LogP contribution in [0.15, 0.2) is 0 Å². The average Bonchev–Trinajstić information content (AvgIpc) is 2.64. The third-order valence-electron chi connectivity index (χ3n) is 3.55. The van der Waals surface area contributed by atoms with Crippen molar-refractivity contribution in [3.05, 3.63) is 0 Å². The van der Waals surface area contributed by atoms with Gasteiger partial charge in [-0.05, 0) is 52.7 Å². The summed E-state index contributed by atoms with van der Waals surface area (Å²) in [7, 11) is 4.10. The molecule has 1 aliphatic heterocycles. The zero-order valence-electron chi connectivity index (χ0n) is 12.5. The van der Waals surface area contributed by atoms with E-state index in [2.05, 4.69) is 43.5 Å². The molecule has 2 atom stereocenters. The van der Waals surface area contributed by atoms with Crippen LogP contribution in [0.2, 0.25) is 0 Å². The molecule has 18 heavy (non-hydrogen) atoms. The van der Waals surface area contributed by atoms with Gasteiger partial charge in [0.1, 0.15) is 0 Å². The molecule has 1 rings (SSSR count). The molecule has 0 aliphatic carbocycles. The zero-order valence-corrected chi connectivity index (χ0v) is 12.5. The van der Waals surface area contributed by atoms with Gasteiger partial charge in [-0.25, -0.2) is 0 Å². The lowest BCUT2D eigenvalue weighted by atomic mass is 9.97. The number of hydrogen-bond acceptors (Lipinski definition) is 3. The van der Waals surface area contributed by atoms with Crippen LogP contribution in [0.4, 0.5) is 0 Å². The van der Waals surface area contributed by atoms with Crippen molar-refractivity contribution in [3.8, 4) is 0 Å². The van der Waals surface area contributed by atoms with Crippen LogP contribution in [-0.4, -0.2) is 49.6 Å². The molecule has 106 valence electrons. The number of rotatable bonds is 6. The highest BCUT2D eigenvalue weighted by Gasteiger charge is 2.36. The molecule has 4 nitrogen and oxygen atoms in total. The predicted molar refractivity (Wildman–Crippen MR) is 75.6 cm³/mol. The summed E-state index contributed by atoms with van der Waals surface area (Å²) in [5.74, 6) is 0.757. The number of hydrogen-bond donors (Lipinski definition) is 2. The Morgan fingerprint density at radius 3 is 2.56 bits per heavy atom. The lowest BCUT2D eigenvalue weighted by Gasteiger charge is -2.29.